The first-order valence-electron chi connectivity index (χ1n) is 3.65. The minimum atomic E-state index is -0.662. The second-order valence-electron chi connectivity index (χ2n) is 2.31. The Morgan fingerprint density at radius 2 is 2.00 bits per heavy atom. The van der Waals surface area contributed by atoms with Gasteiger partial charge >= 0.3 is 0 Å². The van der Waals surface area contributed by atoms with Gasteiger partial charge in [0.05, 0.1) is 6.61 Å². The largest absolute Gasteiger partial charge is 0.343 e. The molecule has 0 heterocycles. The fourth-order valence-corrected chi connectivity index (χ4v) is 0.867. The highest BCUT2D eigenvalue weighted by molar-refractivity contribution is 6.18. The van der Waals surface area contributed by atoms with Crippen LogP contribution in [0.2, 0.25) is 0 Å². The highest BCUT2D eigenvalue weighted by Crippen LogP contribution is 2.05. The lowest BCUT2D eigenvalue weighted by molar-refractivity contribution is -0.0744. The van der Waals surface area contributed by atoms with Gasteiger partial charge < -0.3 is 9.47 Å². The average molecular weight is 187 g/mol. The summed E-state index contributed by atoms with van der Waals surface area (Å²) in [6.45, 7) is 0.475. The van der Waals surface area contributed by atoms with E-state index >= 15 is 0 Å². The molecule has 2 nitrogen and oxygen atoms in total. The van der Waals surface area contributed by atoms with Crippen LogP contribution < -0.4 is 0 Å². The van der Waals surface area contributed by atoms with Crippen LogP contribution >= 0.6 is 11.6 Å². The predicted molar refractivity (Wildman–Crippen MR) is 47.9 cm³/mol. The molecule has 0 aromatic heterocycles. The average Bonchev–Trinajstić information content (AvgIpc) is 2.16. The highest BCUT2D eigenvalue weighted by Gasteiger charge is 2.00. The second-order valence-corrected chi connectivity index (χ2v) is 2.66. The van der Waals surface area contributed by atoms with Crippen molar-refractivity contribution in [1.82, 2.24) is 0 Å². The lowest BCUT2D eigenvalue weighted by Gasteiger charge is -2.08. The quantitative estimate of drug-likeness (QED) is 0.531. The normalized spacial score (nSPS) is 12.8. The summed E-state index contributed by atoms with van der Waals surface area (Å²) in [4.78, 5) is 0. The molecule has 0 N–H and O–H groups in total. The lowest BCUT2D eigenvalue weighted by atomic mass is 10.2. The summed E-state index contributed by atoms with van der Waals surface area (Å²) >= 11 is 5.57. The van der Waals surface area contributed by atoms with Crippen molar-refractivity contribution in [2.24, 2.45) is 0 Å². The fraction of sp³-hybridized carbons (Fsp3) is 0.333. The van der Waals surface area contributed by atoms with Crippen LogP contribution in [0.4, 0.5) is 0 Å². The van der Waals surface area contributed by atoms with Crippen molar-refractivity contribution < 1.29 is 9.47 Å². The molecule has 1 unspecified atom stereocenters. The van der Waals surface area contributed by atoms with E-state index in [9.17, 15) is 0 Å². The van der Waals surface area contributed by atoms with Crippen molar-refractivity contribution in [2.75, 3.05) is 7.11 Å². The van der Waals surface area contributed by atoms with Crippen molar-refractivity contribution in [2.45, 2.75) is 12.4 Å². The molecule has 0 radical (unpaired) electrons. The summed E-state index contributed by atoms with van der Waals surface area (Å²) in [5.74, 6) is -0.662. The van der Waals surface area contributed by atoms with Crippen molar-refractivity contribution in [3.63, 3.8) is 0 Å². The monoisotopic (exact) mass is 186 g/mol. The lowest BCUT2D eigenvalue weighted by Crippen LogP contribution is -2.06. The maximum absolute atomic E-state index is 5.57. The number of hydrogen-bond donors (Lipinski definition) is 0. The number of hydrogen-bond acceptors (Lipinski definition) is 2. The molecular weight excluding hydrogens is 176 g/mol. The van der Waals surface area contributed by atoms with Gasteiger partial charge in [-0.3, -0.25) is 0 Å². The Morgan fingerprint density at radius 3 is 2.58 bits per heavy atom. The van der Waals surface area contributed by atoms with E-state index in [1.54, 1.807) is 0 Å². The van der Waals surface area contributed by atoms with E-state index in [4.69, 9.17) is 21.1 Å². The van der Waals surface area contributed by atoms with Crippen molar-refractivity contribution in [3.05, 3.63) is 35.9 Å². The summed E-state index contributed by atoms with van der Waals surface area (Å²) in [6.07, 6.45) is 0. The van der Waals surface area contributed by atoms with Crippen LogP contribution in [0.15, 0.2) is 30.3 Å². The van der Waals surface area contributed by atoms with Gasteiger partial charge in [-0.15, -0.1) is 0 Å². The van der Waals surface area contributed by atoms with Crippen molar-refractivity contribution in [1.29, 1.82) is 0 Å². The van der Waals surface area contributed by atoms with E-state index in [-0.39, 0.29) is 0 Å². The molecule has 0 aliphatic carbocycles. The van der Waals surface area contributed by atoms with Crippen LogP contribution in [0.5, 0.6) is 0 Å². The smallest absolute Gasteiger partial charge is 0.237 e. The molecule has 66 valence electrons. The third-order valence-corrected chi connectivity index (χ3v) is 1.71. The Hall–Kier alpha value is -0.570. The molecule has 0 amide bonds. The Morgan fingerprint density at radius 1 is 1.33 bits per heavy atom. The number of methoxy groups -OCH3 is 1. The molecule has 0 aliphatic rings. The van der Waals surface area contributed by atoms with E-state index < -0.39 is 5.75 Å². The van der Waals surface area contributed by atoms with E-state index in [1.165, 1.54) is 7.11 Å². The Balaban J connectivity index is 2.33. The maximum atomic E-state index is 5.57. The number of alkyl halides is 1. The van der Waals surface area contributed by atoms with E-state index in [0.717, 1.165) is 5.56 Å². The minimum Gasteiger partial charge on any atom is -0.343 e. The number of rotatable bonds is 4. The zero-order valence-electron chi connectivity index (χ0n) is 6.87. The first kappa shape index (κ1) is 9.52. The summed E-state index contributed by atoms with van der Waals surface area (Å²) in [5.41, 5.74) is 1.08. The zero-order chi connectivity index (χ0) is 8.81. The molecule has 0 saturated heterocycles. The molecule has 1 rings (SSSR count). The molecule has 1 aromatic rings. The van der Waals surface area contributed by atoms with Gasteiger partial charge in [-0.25, -0.2) is 0 Å². The molecule has 0 bridgehead atoms. The van der Waals surface area contributed by atoms with Gasteiger partial charge in [0, 0.05) is 7.11 Å². The van der Waals surface area contributed by atoms with Gasteiger partial charge in [0.15, 0.2) is 0 Å². The predicted octanol–water partition coefficient (Wildman–Crippen LogP) is 2.37. The molecule has 12 heavy (non-hydrogen) atoms. The first-order chi connectivity index (χ1) is 5.83. The second kappa shape index (κ2) is 5.14. The molecule has 1 atom stereocenters. The van der Waals surface area contributed by atoms with E-state index in [2.05, 4.69) is 0 Å². The zero-order valence-corrected chi connectivity index (χ0v) is 7.62. The molecule has 0 spiro atoms. The van der Waals surface area contributed by atoms with Crippen LogP contribution in [0, 0.1) is 0 Å². The van der Waals surface area contributed by atoms with E-state index in [0.29, 0.717) is 6.61 Å². The summed E-state index contributed by atoms with van der Waals surface area (Å²) < 4.78 is 9.84. The summed E-state index contributed by atoms with van der Waals surface area (Å²) in [6, 6.07) is 9.81. The Labute approximate surface area is 77.1 Å². The standard InChI is InChI=1S/C9H11ClO2/c1-11-9(10)12-7-8-5-3-2-4-6-8/h2-6,9H,7H2,1H3. The van der Waals surface area contributed by atoms with Crippen LogP contribution in [0.1, 0.15) is 5.56 Å². The minimum absolute atomic E-state index is 0.475. The van der Waals surface area contributed by atoms with Gasteiger partial charge in [-0.2, -0.15) is 0 Å². The van der Waals surface area contributed by atoms with Gasteiger partial charge in [0.2, 0.25) is 5.75 Å². The van der Waals surface area contributed by atoms with Gasteiger partial charge in [0.1, 0.15) is 0 Å². The molecule has 0 fully saturated rings. The van der Waals surface area contributed by atoms with Crippen LogP contribution in [-0.4, -0.2) is 12.9 Å². The third kappa shape index (κ3) is 3.22. The van der Waals surface area contributed by atoms with Crippen molar-refractivity contribution >= 4 is 11.6 Å². The number of ether oxygens (including phenoxy) is 2. The molecule has 3 heteroatoms. The fourth-order valence-electron chi connectivity index (χ4n) is 0.804. The Kier molecular flexibility index (Phi) is 4.08. The first-order valence-corrected chi connectivity index (χ1v) is 4.09. The SMILES string of the molecule is COC(Cl)OCc1ccccc1. The van der Waals surface area contributed by atoms with Crippen LogP contribution in [0.3, 0.4) is 0 Å². The maximum Gasteiger partial charge on any atom is 0.237 e. The number of halogens is 1. The topological polar surface area (TPSA) is 18.5 Å². The third-order valence-electron chi connectivity index (χ3n) is 1.41. The number of benzene rings is 1. The Bertz CT molecular complexity index is 213. The van der Waals surface area contributed by atoms with Crippen molar-refractivity contribution in [3.8, 4) is 0 Å². The summed E-state index contributed by atoms with van der Waals surface area (Å²) in [7, 11) is 1.50. The molecule has 1 aromatic carbocycles. The van der Waals surface area contributed by atoms with Crippen LogP contribution in [-0.2, 0) is 16.1 Å². The van der Waals surface area contributed by atoms with Gasteiger partial charge in [0.25, 0.3) is 0 Å². The molecular formula is C9H11ClO2. The van der Waals surface area contributed by atoms with Gasteiger partial charge in [-0.1, -0.05) is 41.9 Å². The highest BCUT2D eigenvalue weighted by atomic mass is 35.5. The van der Waals surface area contributed by atoms with Gasteiger partial charge in [-0.05, 0) is 5.56 Å². The van der Waals surface area contributed by atoms with E-state index in [1.807, 2.05) is 30.3 Å². The van der Waals surface area contributed by atoms with Crippen LogP contribution in [0.25, 0.3) is 0 Å². The summed E-state index contributed by atoms with van der Waals surface area (Å²) in [5, 5.41) is 0. The molecule has 0 aliphatic heterocycles. The molecule has 0 saturated carbocycles.